The molecule has 2 N–H and O–H groups in total. The van der Waals surface area contributed by atoms with Gasteiger partial charge < -0.3 is 0 Å². The number of nitrogens with one attached hydrogen (secondary N) is 2. The van der Waals surface area contributed by atoms with Gasteiger partial charge in [0, 0.05) is 12.1 Å². The Morgan fingerprint density at radius 2 is 1.45 bits per heavy atom. The summed E-state index contributed by atoms with van der Waals surface area (Å²) in [5, 5.41) is 0. The van der Waals surface area contributed by atoms with E-state index in [4.69, 9.17) is 0 Å². The Morgan fingerprint density at radius 1 is 1.00 bits per heavy atom. The molecule has 4 nitrogen and oxygen atoms in total. The highest BCUT2D eigenvalue weighted by Crippen LogP contribution is 2.22. The fourth-order valence-corrected chi connectivity index (χ4v) is 3.27. The molecule has 5 heteroatoms. The average Bonchev–Trinajstić information content (AvgIpc) is 2.21. The smallest absolute Gasteiger partial charge is 0.198 e. The lowest BCUT2D eigenvalue weighted by molar-refractivity contribution is 0.374. The van der Waals surface area contributed by atoms with E-state index in [9.17, 15) is 8.42 Å². The quantitative estimate of drug-likeness (QED) is 0.534. The standard InChI is InChI=1S/C6H12N2O2S/c9-11(10)7-5-3-1-2-4-6(5)8-11/h5-8H,1-4H2. The maximum atomic E-state index is 11.0. The maximum Gasteiger partial charge on any atom is 0.277 e. The van der Waals surface area contributed by atoms with E-state index in [1.165, 1.54) is 0 Å². The summed E-state index contributed by atoms with van der Waals surface area (Å²) in [4.78, 5) is 0. The van der Waals surface area contributed by atoms with Gasteiger partial charge in [-0.25, -0.2) is 0 Å². The monoisotopic (exact) mass is 176 g/mol. The summed E-state index contributed by atoms with van der Waals surface area (Å²) in [5.74, 6) is 0. The van der Waals surface area contributed by atoms with E-state index in [1.54, 1.807) is 0 Å². The fraction of sp³-hybridized carbons (Fsp3) is 1.00. The molecule has 0 aromatic heterocycles. The molecule has 64 valence electrons. The summed E-state index contributed by atoms with van der Waals surface area (Å²) in [6, 6.07) is 0.322. The lowest BCUT2D eigenvalue weighted by Gasteiger charge is -2.21. The first kappa shape index (κ1) is 7.52. The van der Waals surface area contributed by atoms with Crippen molar-refractivity contribution in [3.05, 3.63) is 0 Å². The van der Waals surface area contributed by atoms with Gasteiger partial charge in [-0.15, -0.1) is 0 Å². The molecule has 0 spiro atoms. The Morgan fingerprint density at radius 3 is 1.91 bits per heavy atom. The molecule has 0 aromatic rings. The van der Waals surface area contributed by atoms with E-state index >= 15 is 0 Å². The van der Waals surface area contributed by atoms with Gasteiger partial charge in [0.2, 0.25) is 0 Å². The van der Waals surface area contributed by atoms with Gasteiger partial charge in [-0.3, -0.25) is 0 Å². The molecule has 0 amide bonds. The average molecular weight is 176 g/mol. The van der Waals surface area contributed by atoms with Crippen LogP contribution in [0.5, 0.6) is 0 Å². The fourth-order valence-electron chi connectivity index (χ4n) is 1.85. The summed E-state index contributed by atoms with van der Waals surface area (Å²) in [6.45, 7) is 0. The predicted octanol–water partition coefficient (Wildman–Crippen LogP) is -0.265. The maximum absolute atomic E-state index is 11.0. The molecule has 2 atom stereocenters. The zero-order chi connectivity index (χ0) is 7.90. The molecule has 0 radical (unpaired) electrons. The summed E-state index contributed by atoms with van der Waals surface area (Å²) < 4.78 is 27.1. The Bertz CT molecular complexity index is 229. The van der Waals surface area contributed by atoms with Crippen molar-refractivity contribution in [2.45, 2.75) is 37.8 Å². The summed E-state index contributed by atoms with van der Waals surface area (Å²) >= 11 is 0. The lowest BCUT2D eigenvalue weighted by atomic mass is 9.92. The molecule has 2 fully saturated rings. The van der Waals surface area contributed by atoms with Crippen LogP contribution in [0, 0.1) is 0 Å². The Hall–Kier alpha value is -0.130. The number of rotatable bonds is 0. The van der Waals surface area contributed by atoms with Gasteiger partial charge in [0.05, 0.1) is 0 Å². The minimum Gasteiger partial charge on any atom is -0.198 e. The van der Waals surface area contributed by atoms with Crippen molar-refractivity contribution >= 4 is 10.2 Å². The molecule has 2 rings (SSSR count). The molecule has 1 saturated heterocycles. The zero-order valence-electron chi connectivity index (χ0n) is 6.21. The van der Waals surface area contributed by atoms with Crippen LogP contribution in [0.15, 0.2) is 0 Å². The molecule has 1 aliphatic heterocycles. The predicted molar refractivity (Wildman–Crippen MR) is 41.2 cm³/mol. The van der Waals surface area contributed by atoms with Crippen molar-refractivity contribution in [1.29, 1.82) is 0 Å². The molecule has 1 aliphatic carbocycles. The first-order chi connectivity index (χ1) is 5.17. The van der Waals surface area contributed by atoms with E-state index in [-0.39, 0.29) is 12.1 Å². The van der Waals surface area contributed by atoms with E-state index in [0.717, 1.165) is 25.7 Å². The first-order valence-corrected chi connectivity index (χ1v) is 5.45. The molecule has 0 bridgehead atoms. The molecular weight excluding hydrogens is 164 g/mol. The molecular formula is C6H12N2O2S. The lowest BCUT2D eigenvalue weighted by Crippen LogP contribution is -2.36. The van der Waals surface area contributed by atoms with Crippen molar-refractivity contribution in [3.63, 3.8) is 0 Å². The summed E-state index contributed by atoms with van der Waals surface area (Å²) in [7, 11) is -3.13. The van der Waals surface area contributed by atoms with Gasteiger partial charge in [-0.05, 0) is 12.8 Å². The second kappa shape index (κ2) is 2.43. The molecule has 0 aromatic carbocycles. The van der Waals surface area contributed by atoms with Gasteiger partial charge in [0.15, 0.2) is 0 Å². The molecule has 1 saturated carbocycles. The van der Waals surface area contributed by atoms with Crippen LogP contribution >= 0.6 is 0 Å². The van der Waals surface area contributed by atoms with Crippen LogP contribution < -0.4 is 9.44 Å². The summed E-state index contributed by atoms with van der Waals surface area (Å²) in [5.41, 5.74) is 0. The van der Waals surface area contributed by atoms with Crippen molar-refractivity contribution in [2.24, 2.45) is 0 Å². The van der Waals surface area contributed by atoms with Gasteiger partial charge in [-0.2, -0.15) is 17.9 Å². The largest absolute Gasteiger partial charge is 0.277 e. The number of fused-ring (bicyclic) bond motifs is 1. The second-order valence-corrected chi connectivity index (χ2v) is 4.71. The topological polar surface area (TPSA) is 58.2 Å². The SMILES string of the molecule is O=S1(=O)NC2CCCCC2N1. The van der Waals surface area contributed by atoms with Crippen molar-refractivity contribution in [1.82, 2.24) is 9.44 Å². The van der Waals surface area contributed by atoms with E-state index in [2.05, 4.69) is 9.44 Å². The van der Waals surface area contributed by atoms with Gasteiger partial charge in [-0.1, -0.05) is 12.8 Å². The van der Waals surface area contributed by atoms with Crippen molar-refractivity contribution < 1.29 is 8.42 Å². The van der Waals surface area contributed by atoms with Crippen LogP contribution in [-0.2, 0) is 10.2 Å². The van der Waals surface area contributed by atoms with E-state index in [1.807, 2.05) is 0 Å². The highest BCUT2D eigenvalue weighted by atomic mass is 32.2. The minimum atomic E-state index is -3.13. The number of hydrogen-bond donors (Lipinski definition) is 2. The van der Waals surface area contributed by atoms with Crippen LogP contribution in [0.1, 0.15) is 25.7 Å². The molecule has 1 heterocycles. The van der Waals surface area contributed by atoms with Crippen LogP contribution in [0.2, 0.25) is 0 Å². The third-order valence-corrected chi connectivity index (χ3v) is 3.61. The summed E-state index contributed by atoms with van der Waals surface area (Å²) in [6.07, 6.45) is 4.25. The van der Waals surface area contributed by atoms with Crippen molar-refractivity contribution in [3.8, 4) is 0 Å². The normalized spacial score (nSPS) is 41.8. The molecule has 2 unspecified atom stereocenters. The van der Waals surface area contributed by atoms with E-state index < -0.39 is 10.2 Å². The van der Waals surface area contributed by atoms with Gasteiger partial charge in [0.25, 0.3) is 10.2 Å². The third-order valence-electron chi connectivity index (χ3n) is 2.38. The van der Waals surface area contributed by atoms with Gasteiger partial charge >= 0.3 is 0 Å². The van der Waals surface area contributed by atoms with Gasteiger partial charge in [0.1, 0.15) is 0 Å². The highest BCUT2D eigenvalue weighted by molar-refractivity contribution is 7.87. The zero-order valence-corrected chi connectivity index (χ0v) is 7.02. The molecule has 2 aliphatic rings. The Kier molecular flexibility index (Phi) is 1.66. The first-order valence-electron chi connectivity index (χ1n) is 3.97. The highest BCUT2D eigenvalue weighted by Gasteiger charge is 2.37. The second-order valence-electron chi connectivity index (χ2n) is 3.24. The van der Waals surface area contributed by atoms with Crippen LogP contribution in [0.25, 0.3) is 0 Å². The number of hydrogen-bond acceptors (Lipinski definition) is 2. The van der Waals surface area contributed by atoms with Crippen LogP contribution in [0.4, 0.5) is 0 Å². The van der Waals surface area contributed by atoms with E-state index in [0.29, 0.717) is 0 Å². The van der Waals surface area contributed by atoms with Crippen LogP contribution in [0.3, 0.4) is 0 Å². The minimum absolute atomic E-state index is 0.161. The Balaban J connectivity index is 2.15. The molecule has 11 heavy (non-hydrogen) atoms. The third kappa shape index (κ3) is 1.40. The van der Waals surface area contributed by atoms with Crippen LogP contribution in [-0.4, -0.2) is 20.5 Å². The Labute approximate surface area is 66.5 Å². The van der Waals surface area contributed by atoms with Crippen molar-refractivity contribution in [2.75, 3.05) is 0 Å².